The Morgan fingerprint density at radius 1 is 1.27 bits per heavy atom. The van der Waals surface area contributed by atoms with Crippen molar-refractivity contribution in [3.63, 3.8) is 0 Å². The van der Waals surface area contributed by atoms with E-state index in [0.29, 0.717) is 15.2 Å². The summed E-state index contributed by atoms with van der Waals surface area (Å²) >= 11 is 5.97. The molecular formula is C17H14BrFN4OS2. The number of para-hydroxylation sites is 1. The maximum atomic E-state index is 13.6. The molecular weight excluding hydrogens is 439 g/mol. The Kier molecular flexibility index (Phi) is 6.23. The van der Waals surface area contributed by atoms with E-state index in [-0.39, 0.29) is 17.5 Å². The number of amides is 1. The molecule has 2 aromatic carbocycles. The number of nitrogens with one attached hydrogen (secondary N) is 2. The number of aromatic nitrogens is 2. The largest absolute Gasteiger partial charge is 0.328 e. The topological polar surface area (TPSA) is 66.9 Å². The Morgan fingerprint density at radius 2 is 2.08 bits per heavy atom. The van der Waals surface area contributed by atoms with Gasteiger partial charge < -0.3 is 10.6 Å². The maximum Gasteiger partial charge on any atom is 0.234 e. The molecule has 9 heteroatoms. The number of carbonyl (C=O) groups is 1. The lowest BCUT2D eigenvalue weighted by Gasteiger charge is -2.06. The van der Waals surface area contributed by atoms with Crippen LogP contribution in [0.15, 0.2) is 51.3 Å². The molecule has 2 N–H and O–H groups in total. The zero-order chi connectivity index (χ0) is 18.5. The van der Waals surface area contributed by atoms with Gasteiger partial charge in [-0.3, -0.25) is 4.79 Å². The van der Waals surface area contributed by atoms with Gasteiger partial charge in [-0.05, 0) is 42.8 Å². The molecule has 3 rings (SSSR count). The number of aryl methyl sites for hydroxylation is 1. The van der Waals surface area contributed by atoms with Gasteiger partial charge in [0.15, 0.2) is 4.34 Å². The fourth-order valence-electron chi connectivity index (χ4n) is 2.04. The molecule has 1 aromatic heterocycles. The Bertz CT molecular complexity index is 935. The van der Waals surface area contributed by atoms with Gasteiger partial charge in [-0.1, -0.05) is 51.2 Å². The molecule has 0 spiro atoms. The van der Waals surface area contributed by atoms with Crippen molar-refractivity contribution in [2.24, 2.45) is 0 Å². The summed E-state index contributed by atoms with van der Waals surface area (Å²) in [6, 6.07) is 12.0. The van der Waals surface area contributed by atoms with Crippen LogP contribution < -0.4 is 10.6 Å². The third-order valence-electron chi connectivity index (χ3n) is 3.29. The van der Waals surface area contributed by atoms with Crippen molar-refractivity contribution in [1.29, 1.82) is 0 Å². The Morgan fingerprint density at radius 3 is 2.85 bits per heavy atom. The lowest BCUT2D eigenvalue weighted by Crippen LogP contribution is -2.14. The highest BCUT2D eigenvalue weighted by Crippen LogP contribution is 2.28. The van der Waals surface area contributed by atoms with Crippen LogP contribution in [0.1, 0.15) is 5.56 Å². The summed E-state index contributed by atoms with van der Waals surface area (Å²) in [5, 5.41) is 14.2. The van der Waals surface area contributed by atoms with Gasteiger partial charge in [-0.2, -0.15) is 0 Å². The molecule has 3 aromatic rings. The minimum atomic E-state index is -0.360. The van der Waals surface area contributed by atoms with Gasteiger partial charge in [0.05, 0.1) is 11.4 Å². The van der Waals surface area contributed by atoms with Gasteiger partial charge in [0.2, 0.25) is 11.0 Å². The summed E-state index contributed by atoms with van der Waals surface area (Å²) in [6.07, 6.45) is 0. The van der Waals surface area contributed by atoms with E-state index in [1.807, 2.05) is 25.1 Å². The first-order valence-electron chi connectivity index (χ1n) is 7.55. The molecule has 0 radical (unpaired) electrons. The van der Waals surface area contributed by atoms with Crippen molar-refractivity contribution in [2.75, 3.05) is 16.4 Å². The highest BCUT2D eigenvalue weighted by molar-refractivity contribution is 9.10. The molecule has 0 bridgehead atoms. The first-order chi connectivity index (χ1) is 12.5. The Hall–Kier alpha value is -1.97. The molecule has 0 aliphatic rings. The van der Waals surface area contributed by atoms with Crippen molar-refractivity contribution in [3.8, 4) is 0 Å². The van der Waals surface area contributed by atoms with E-state index in [9.17, 15) is 9.18 Å². The monoisotopic (exact) mass is 452 g/mol. The van der Waals surface area contributed by atoms with Crippen molar-refractivity contribution in [1.82, 2.24) is 10.2 Å². The van der Waals surface area contributed by atoms with Crippen molar-refractivity contribution >= 4 is 61.4 Å². The van der Waals surface area contributed by atoms with E-state index in [1.54, 1.807) is 18.2 Å². The summed E-state index contributed by atoms with van der Waals surface area (Å²) < 4.78 is 15.3. The smallest absolute Gasteiger partial charge is 0.234 e. The van der Waals surface area contributed by atoms with Crippen LogP contribution in [0, 0.1) is 12.7 Å². The Labute approximate surface area is 166 Å². The lowest BCUT2D eigenvalue weighted by molar-refractivity contribution is -0.113. The summed E-state index contributed by atoms with van der Waals surface area (Å²) in [5.41, 5.74) is 2.13. The highest BCUT2D eigenvalue weighted by atomic mass is 79.9. The van der Waals surface area contributed by atoms with Crippen molar-refractivity contribution in [3.05, 3.63) is 58.3 Å². The molecule has 134 valence electrons. The summed E-state index contributed by atoms with van der Waals surface area (Å²) in [7, 11) is 0. The average molecular weight is 453 g/mol. The second-order valence-corrected chi connectivity index (χ2v) is 8.33. The number of carbonyl (C=O) groups excluding carboxylic acids is 1. The quantitative estimate of drug-likeness (QED) is 0.501. The second-order valence-electron chi connectivity index (χ2n) is 5.28. The van der Waals surface area contributed by atoms with E-state index in [0.717, 1.165) is 15.7 Å². The van der Waals surface area contributed by atoms with Gasteiger partial charge >= 0.3 is 0 Å². The molecule has 0 aliphatic heterocycles. The molecule has 0 atom stereocenters. The van der Waals surface area contributed by atoms with Gasteiger partial charge in [0, 0.05) is 10.2 Å². The number of anilines is 3. The van der Waals surface area contributed by atoms with Gasteiger partial charge in [0.25, 0.3) is 0 Å². The number of hydrogen-bond donors (Lipinski definition) is 2. The van der Waals surface area contributed by atoms with Crippen LogP contribution >= 0.6 is 39.0 Å². The van der Waals surface area contributed by atoms with Crippen LogP contribution in [0.5, 0.6) is 0 Å². The number of halogens is 2. The molecule has 0 saturated heterocycles. The summed E-state index contributed by atoms with van der Waals surface area (Å²) in [6.45, 7) is 1.96. The van der Waals surface area contributed by atoms with Gasteiger partial charge in [0.1, 0.15) is 5.82 Å². The van der Waals surface area contributed by atoms with E-state index >= 15 is 0 Å². The molecule has 26 heavy (non-hydrogen) atoms. The minimum absolute atomic E-state index is 0.129. The minimum Gasteiger partial charge on any atom is -0.328 e. The average Bonchev–Trinajstić information content (AvgIpc) is 3.06. The van der Waals surface area contributed by atoms with Crippen LogP contribution in [-0.4, -0.2) is 21.9 Å². The maximum absolute atomic E-state index is 13.6. The molecule has 0 aliphatic carbocycles. The third kappa shape index (κ3) is 5.03. The summed E-state index contributed by atoms with van der Waals surface area (Å²) in [5.74, 6) is -0.278. The van der Waals surface area contributed by atoms with Crippen LogP contribution in [0.25, 0.3) is 0 Å². The SMILES string of the molecule is Cc1cc(NC(=O)CSc2nnc(Nc3ccccc3F)s2)ccc1Br. The fraction of sp³-hybridized carbons (Fsp3) is 0.118. The van der Waals surface area contributed by atoms with E-state index in [1.165, 1.54) is 29.2 Å². The standard InChI is InChI=1S/C17H14BrFN4OS2/c1-10-8-11(6-7-12(10)18)20-15(24)9-25-17-23-22-16(26-17)21-14-5-3-2-4-13(14)19/h2-8H,9H2,1H3,(H,20,24)(H,21,22). The number of thioether (sulfide) groups is 1. The number of nitrogens with zero attached hydrogens (tertiary/aromatic N) is 2. The van der Waals surface area contributed by atoms with E-state index in [4.69, 9.17) is 0 Å². The number of hydrogen-bond acceptors (Lipinski definition) is 6. The predicted molar refractivity (Wildman–Crippen MR) is 108 cm³/mol. The molecule has 1 amide bonds. The van der Waals surface area contributed by atoms with Crippen LogP contribution in [0.3, 0.4) is 0 Å². The molecule has 0 fully saturated rings. The van der Waals surface area contributed by atoms with Gasteiger partial charge in [-0.15, -0.1) is 10.2 Å². The van der Waals surface area contributed by atoms with Crippen molar-refractivity contribution in [2.45, 2.75) is 11.3 Å². The zero-order valence-corrected chi connectivity index (χ0v) is 16.8. The van der Waals surface area contributed by atoms with Crippen LogP contribution in [-0.2, 0) is 4.79 Å². The van der Waals surface area contributed by atoms with E-state index in [2.05, 4.69) is 36.8 Å². The Balaban J connectivity index is 1.53. The zero-order valence-electron chi connectivity index (χ0n) is 13.6. The molecule has 5 nitrogen and oxygen atoms in total. The lowest BCUT2D eigenvalue weighted by atomic mass is 10.2. The molecule has 0 saturated carbocycles. The first kappa shape index (κ1) is 18.8. The number of benzene rings is 2. The van der Waals surface area contributed by atoms with Crippen LogP contribution in [0.2, 0.25) is 0 Å². The normalized spacial score (nSPS) is 10.6. The van der Waals surface area contributed by atoms with Crippen molar-refractivity contribution < 1.29 is 9.18 Å². The first-order valence-corrected chi connectivity index (χ1v) is 10.1. The highest BCUT2D eigenvalue weighted by Gasteiger charge is 2.10. The van der Waals surface area contributed by atoms with E-state index < -0.39 is 0 Å². The second kappa shape index (κ2) is 8.61. The van der Waals surface area contributed by atoms with Gasteiger partial charge in [-0.25, -0.2) is 4.39 Å². The number of rotatable bonds is 6. The summed E-state index contributed by atoms with van der Waals surface area (Å²) in [4.78, 5) is 12.1. The van der Waals surface area contributed by atoms with Crippen LogP contribution in [0.4, 0.5) is 20.9 Å². The molecule has 0 unspecified atom stereocenters. The molecule has 1 heterocycles. The third-order valence-corrected chi connectivity index (χ3v) is 6.15. The predicted octanol–water partition coefficient (Wildman–Crippen LogP) is 5.22. The fourth-order valence-corrected chi connectivity index (χ4v) is 3.85.